The maximum absolute atomic E-state index is 11.8. The van der Waals surface area contributed by atoms with Crippen LogP contribution in [0.25, 0.3) is 0 Å². The molecule has 0 bridgehead atoms. The number of benzene rings is 1. The molecule has 0 aromatic heterocycles. The van der Waals surface area contributed by atoms with Gasteiger partial charge in [0.05, 0.1) is 12.0 Å². The molecule has 0 heterocycles. The number of nitrogens with one attached hydrogen (secondary N) is 1. The molecular formula is C11H11ClN2O5. The molecule has 0 spiro atoms. The fourth-order valence-corrected chi connectivity index (χ4v) is 1.53. The van der Waals surface area contributed by atoms with Crippen molar-refractivity contribution in [3.8, 4) is 0 Å². The summed E-state index contributed by atoms with van der Waals surface area (Å²) in [5.41, 5.74) is 5.67. The van der Waals surface area contributed by atoms with E-state index in [0.29, 0.717) is 5.02 Å². The summed E-state index contributed by atoms with van der Waals surface area (Å²) >= 11 is 5.66. The molecule has 0 radical (unpaired) electrons. The van der Waals surface area contributed by atoms with Crippen molar-refractivity contribution < 1.29 is 24.6 Å². The molecule has 7 nitrogen and oxygen atoms in total. The van der Waals surface area contributed by atoms with E-state index < -0.39 is 30.3 Å². The number of halogens is 1. The Hall–Kier alpha value is -2.28. The number of rotatable bonds is 5. The topological polar surface area (TPSA) is 130 Å². The van der Waals surface area contributed by atoms with Crippen molar-refractivity contribution in [1.29, 1.82) is 0 Å². The zero-order valence-electron chi connectivity index (χ0n) is 9.59. The minimum absolute atomic E-state index is 0.0287. The number of carboxylic acids is 2. The number of amides is 1. The average Bonchev–Trinajstić information content (AvgIpc) is 2.26. The normalized spacial score (nSPS) is 11.6. The molecule has 19 heavy (non-hydrogen) atoms. The molecule has 1 amide bonds. The molecule has 0 aliphatic rings. The number of nitrogen functional groups attached to an aromatic ring is 1. The van der Waals surface area contributed by atoms with Crippen LogP contribution in [0.5, 0.6) is 0 Å². The van der Waals surface area contributed by atoms with Gasteiger partial charge in [-0.3, -0.25) is 9.59 Å². The van der Waals surface area contributed by atoms with Crippen molar-refractivity contribution in [3.05, 3.63) is 28.8 Å². The highest BCUT2D eigenvalue weighted by molar-refractivity contribution is 6.31. The Kier molecular flexibility index (Phi) is 4.71. The smallest absolute Gasteiger partial charge is 0.326 e. The van der Waals surface area contributed by atoms with E-state index in [9.17, 15) is 14.4 Å². The molecule has 0 aliphatic heterocycles. The Balaban J connectivity index is 2.87. The zero-order valence-corrected chi connectivity index (χ0v) is 10.3. The lowest BCUT2D eigenvalue weighted by Crippen LogP contribution is -2.42. The highest BCUT2D eigenvalue weighted by atomic mass is 35.5. The van der Waals surface area contributed by atoms with Crippen LogP contribution < -0.4 is 11.1 Å². The van der Waals surface area contributed by atoms with Gasteiger partial charge in [-0.2, -0.15) is 0 Å². The molecule has 102 valence electrons. The largest absolute Gasteiger partial charge is 0.481 e. The summed E-state index contributed by atoms with van der Waals surface area (Å²) in [6, 6.07) is 2.55. The van der Waals surface area contributed by atoms with Crippen LogP contribution in [0.3, 0.4) is 0 Å². The maximum atomic E-state index is 11.8. The summed E-state index contributed by atoms with van der Waals surface area (Å²) in [6.07, 6.45) is -0.728. The number of hydrogen-bond donors (Lipinski definition) is 4. The molecule has 8 heteroatoms. The fraction of sp³-hybridized carbons (Fsp3) is 0.182. The average molecular weight is 287 g/mol. The lowest BCUT2D eigenvalue weighted by Gasteiger charge is -2.13. The zero-order chi connectivity index (χ0) is 14.6. The summed E-state index contributed by atoms with van der Waals surface area (Å²) in [7, 11) is 0. The van der Waals surface area contributed by atoms with E-state index in [4.69, 9.17) is 27.5 Å². The lowest BCUT2D eigenvalue weighted by atomic mass is 10.1. The second-order valence-electron chi connectivity index (χ2n) is 3.69. The van der Waals surface area contributed by atoms with E-state index in [-0.39, 0.29) is 11.3 Å². The summed E-state index contributed by atoms with van der Waals surface area (Å²) < 4.78 is 0. The van der Waals surface area contributed by atoms with Crippen LogP contribution in [0.2, 0.25) is 5.02 Å². The van der Waals surface area contributed by atoms with Crippen molar-refractivity contribution in [2.45, 2.75) is 12.5 Å². The third-order valence-corrected chi connectivity index (χ3v) is 2.48. The Labute approximate surface area is 113 Å². The van der Waals surface area contributed by atoms with Crippen molar-refractivity contribution >= 4 is 35.1 Å². The van der Waals surface area contributed by atoms with Gasteiger partial charge in [-0.15, -0.1) is 0 Å². The first-order valence-corrected chi connectivity index (χ1v) is 5.49. The molecule has 1 atom stereocenters. The molecule has 0 saturated heterocycles. The highest BCUT2D eigenvalue weighted by Crippen LogP contribution is 2.18. The predicted octanol–water partition coefficient (Wildman–Crippen LogP) is 0.580. The van der Waals surface area contributed by atoms with Gasteiger partial charge in [0.1, 0.15) is 6.04 Å². The minimum Gasteiger partial charge on any atom is -0.481 e. The number of carboxylic acid groups (broad SMARTS) is 2. The molecule has 0 saturated carbocycles. The summed E-state index contributed by atoms with van der Waals surface area (Å²) in [4.78, 5) is 33.1. The van der Waals surface area contributed by atoms with E-state index in [1.54, 1.807) is 0 Å². The van der Waals surface area contributed by atoms with Gasteiger partial charge in [-0.25, -0.2) is 4.79 Å². The second kappa shape index (κ2) is 6.05. The molecule has 0 aliphatic carbocycles. The monoisotopic (exact) mass is 286 g/mol. The molecule has 1 aromatic rings. The van der Waals surface area contributed by atoms with Gasteiger partial charge in [0.15, 0.2) is 0 Å². The van der Waals surface area contributed by atoms with Crippen LogP contribution in [0, 0.1) is 0 Å². The van der Waals surface area contributed by atoms with Crippen molar-refractivity contribution in [2.24, 2.45) is 0 Å². The second-order valence-corrected chi connectivity index (χ2v) is 4.13. The van der Waals surface area contributed by atoms with Gasteiger partial charge < -0.3 is 21.3 Å². The van der Waals surface area contributed by atoms with Crippen LogP contribution in [0.1, 0.15) is 16.8 Å². The number of hydrogen-bond acceptors (Lipinski definition) is 4. The van der Waals surface area contributed by atoms with Crippen LogP contribution in [0.15, 0.2) is 18.2 Å². The van der Waals surface area contributed by atoms with Gasteiger partial charge in [-0.05, 0) is 18.2 Å². The van der Waals surface area contributed by atoms with E-state index in [0.717, 1.165) is 0 Å². The summed E-state index contributed by atoms with van der Waals surface area (Å²) in [5, 5.41) is 19.8. The number of aliphatic carboxylic acids is 2. The molecule has 0 unspecified atom stereocenters. The molecule has 1 rings (SSSR count). The predicted molar refractivity (Wildman–Crippen MR) is 67.0 cm³/mol. The first-order valence-electron chi connectivity index (χ1n) is 5.11. The third-order valence-electron chi connectivity index (χ3n) is 2.24. The maximum Gasteiger partial charge on any atom is 0.326 e. The van der Waals surface area contributed by atoms with Crippen LogP contribution >= 0.6 is 11.6 Å². The SMILES string of the molecule is Nc1cc(Cl)ccc1C(=O)N[C@@H](CC(=O)O)C(=O)O. The van der Waals surface area contributed by atoms with Crippen LogP contribution in [0.4, 0.5) is 5.69 Å². The Morgan fingerprint density at radius 1 is 1.32 bits per heavy atom. The number of carbonyl (C=O) groups is 3. The Bertz CT molecular complexity index is 532. The Morgan fingerprint density at radius 3 is 2.42 bits per heavy atom. The van der Waals surface area contributed by atoms with Gasteiger partial charge in [-0.1, -0.05) is 11.6 Å². The van der Waals surface area contributed by atoms with Gasteiger partial charge in [0, 0.05) is 10.7 Å². The highest BCUT2D eigenvalue weighted by Gasteiger charge is 2.24. The molecular weight excluding hydrogens is 276 g/mol. The number of carbonyl (C=O) groups excluding carboxylic acids is 1. The van der Waals surface area contributed by atoms with Crippen molar-refractivity contribution in [3.63, 3.8) is 0 Å². The number of anilines is 1. The molecule has 1 aromatic carbocycles. The van der Waals surface area contributed by atoms with Crippen molar-refractivity contribution in [2.75, 3.05) is 5.73 Å². The first-order chi connectivity index (χ1) is 8.81. The minimum atomic E-state index is -1.53. The summed E-state index contributed by atoms with van der Waals surface area (Å²) in [5.74, 6) is -3.55. The van der Waals surface area contributed by atoms with Crippen LogP contribution in [-0.2, 0) is 9.59 Å². The Morgan fingerprint density at radius 2 is 1.95 bits per heavy atom. The van der Waals surface area contributed by atoms with Gasteiger partial charge in [0.2, 0.25) is 0 Å². The summed E-state index contributed by atoms with van der Waals surface area (Å²) in [6.45, 7) is 0. The quantitative estimate of drug-likeness (QED) is 0.586. The third kappa shape index (κ3) is 4.14. The molecule has 0 fully saturated rings. The number of nitrogens with two attached hydrogens (primary N) is 1. The lowest BCUT2D eigenvalue weighted by molar-refractivity contribution is -0.145. The molecule has 5 N–H and O–H groups in total. The van der Waals surface area contributed by atoms with E-state index in [1.807, 2.05) is 0 Å². The fourth-order valence-electron chi connectivity index (χ4n) is 1.35. The van der Waals surface area contributed by atoms with Crippen LogP contribution in [-0.4, -0.2) is 34.1 Å². The van der Waals surface area contributed by atoms with E-state index in [2.05, 4.69) is 5.32 Å². The van der Waals surface area contributed by atoms with E-state index in [1.165, 1.54) is 18.2 Å². The van der Waals surface area contributed by atoms with Gasteiger partial charge >= 0.3 is 11.9 Å². The van der Waals surface area contributed by atoms with Crippen molar-refractivity contribution in [1.82, 2.24) is 5.32 Å². The standard InChI is InChI=1S/C11H11ClN2O5/c12-5-1-2-6(7(13)3-5)10(17)14-8(11(18)19)4-9(15)16/h1-3,8H,4,13H2,(H,14,17)(H,15,16)(H,18,19)/t8-/m0/s1. The van der Waals surface area contributed by atoms with Gasteiger partial charge in [0.25, 0.3) is 5.91 Å². The van der Waals surface area contributed by atoms with E-state index >= 15 is 0 Å². The first kappa shape index (κ1) is 14.8.